The highest BCUT2D eigenvalue weighted by molar-refractivity contribution is 6.06. The fourth-order valence-corrected chi connectivity index (χ4v) is 3.78. The first-order valence-corrected chi connectivity index (χ1v) is 10.1. The number of pyridine rings is 1. The zero-order valence-corrected chi connectivity index (χ0v) is 17.5. The molecule has 1 aliphatic heterocycles. The van der Waals surface area contributed by atoms with Crippen LogP contribution in [-0.4, -0.2) is 42.0 Å². The normalized spacial score (nSPS) is 13.7. The van der Waals surface area contributed by atoms with Gasteiger partial charge in [-0.2, -0.15) is 0 Å². The topological polar surface area (TPSA) is 71.5 Å². The molecule has 2 heterocycles. The number of nitrogens with zero attached hydrogens (tertiary/aromatic N) is 2. The van der Waals surface area contributed by atoms with Gasteiger partial charge in [-0.25, -0.2) is 4.79 Å². The third-order valence-corrected chi connectivity index (χ3v) is 5.57. The second kappa shape index (κ2) is 8.24. The van der Waals surface area contributed by atoms with Crippen LogP contribution < -0.4 is 5.32 Å². The standard InChI is InChI=1S/C24H25N3O3/c1-15-8-9-17(12-16(15)2)25-22(28)14-30-24(29)23-18-6-4-5-7-20(18)26-21-10-11-27(3)13-19(21)23/h4-9,12H,10-11,13-14H2,1-3H3,(H,25,28). The molecule has 0 atom stereocenters. The van der Waals surface area contributed by atoms with Gasteiger partial charge in [0.05, 0.1) is 11.1 Å². The average Bonchev–Trinajstić information content (AvgIpc) is 2.73. The number of aromatic nitrogens is 1. The molecule has 0 bridgehead atoms. The molecule has 1 N–H and O–H groups in total. The number of benzene rings is 2. The first kappa shape index (κ1) is 20.0. The van der Waals surface area contributed by atoms with Crippen molar-refractivity contribution in [2.45, 2.75) is 26.8 Å². The van der Waals surface area contributed by atoms with Crippen molar-refractivity contribution in [2.75, 3.05) is 25.5 Å². The number of amides is 1. The summed E-state index contributed by atoms with van der Waals surface area (Å²) in [6.45, 7) is 5.18. The smallest absolute Gasteiger partial charge is 0.339 e. The Kier molecular flexibility index (Phi) is 5.50. The third kappa shape index (κ3) is 4.04. The van der Waals surface area contributed by atoms with Gasteiger partial charge in [0.25, 0.3) is 5.91 Å². The van der Waals surface area contributed by atoms with E-state index in [0.717, 1.165) is 46.3 Å². The fourth-order valence-electron chi connectivity index (χ4n) is 3.78. The van der Waals surface area contributed by atoms with Crippen LogP contribution in [0.3, 0.4) is 0 Å². The van der Waals surface area contributed by atoms with Gasteiger partial charge in [0.1, 0.15) is 0 Å². The molecule has 0 fully saturated rings. The Bertz CT molecular complexity index is 1140. The Morgan fingerprint density at radius 2 is 1.93 bits per heavy atom. The van der Waals surface area contributed by atoms with E-state index in [1.54, 1.807) is 0 Å². The van der Waals surface area contributed by atoms with E-state index in [9.17, 15) is 9.59 Å². The molecule has 6 heteroatoms. The molecule has 0 spiro atoms. The minimum atomic E-state index is -0.490. The minimum absolute atomic E-state index is 0.340. The lowest BCUT2D eigenvalue weighted by molar-refractivity contribution is -0.119. The number of fused-ring (bicyclic) bond motifs is 2. The van der Waals surface area contributed by atoms with Gasteiger partial charge in [-0.05, 0) is 50.2 Å². The Morgan fingerprint density at radius 3 is 2.73 bits per heavy atom. The van der Waals surface area contributed by atoms with Gasteiger partial charge in [-0.15, -0.1) is 0 Å². The minimum Gasteiger partial charge on any atom is -0.452 e. The van der Waals surface area contributed by atoms with E-state index in [0.29, 0.717) is 17.8 Å². The molecule has 0 saturated heterocycles. The zero-order valence-electron chi connectivity index (χ0n) is 17.5. The molecule has 3 aromatic rings. The fraction of sp³-hybridized carbons (Fsp3) is 0.292. The van der Waals surface area contributed by atoms with Crippen molar-refractivity contribution in [3.8, 4) is 0 Å². The van der Waals surface area contributed by atoms with Crippen LogP contribution in [-0.2, 0) is 22.5 Å². The zero-order chi connectivity index (χ0) is 21.3. The van der Waals surface area contributed by atoms with Crippen LogP contribution in [0.25, 0.3) is 10.9 Å². The van der Waals surface area contributed by atoms with E-state index in [2.05, 4.69) is 10.2 Å². The number of carbonyl (C=O) groups is 2. The van der Waals surface area contributed by atoms with Crippen LogP contribution in [0.1, 0.15) is 32.7 Å². The molecule has 0 unspecified atom stereocenters. The number of ether oxygens (including phenoxy) is 1. The lowest BCUT2D eigenvalue weighted by Crippen LogP contribution is -2.30. The molecule has 0 radical (unpaired) electrons. The van der Waals surface area contributed by atoms with Crippen LogP contribution in [0, 0.1) is 13.8 Å². The first-order valence-electron chi connectivity index (χ1n) is 10.1. The number of anilines is 1. The molecule has 1 amide bonds. The summed E-state index contributed by atoms with van der Waals surface area (Å²) in [6.07, 6.45) is 0.782. The van der Waals surface area contributed by atoms with Crippen LogP contribution >= 0.6 is 0 Å². The summed E-state index contributed by atoms with van der Waals surface area (Å²) >= 11 is 0. The molecule has 0 aliphatic carbocycles. The maximum Gasteiger partial charge on any atom is 0.339 e. The Morgan fingerprint density at radius 1 is 1.13 bits per heavy atom. The molecule has 154 valence electrons. The first-order chi connectivity index (χ1) is 14.4. The number of hydrogen-bond acceptors (Lipinski definition) is 5. The molecule has 0 saturated carbocycles. The molecular weight excluding hydrogens is 378 g/mol. The number of para-hydroxylation sites is 1. The lowest BCUT2D eigenvalue weighted by atomic mass is 9.96. The van der Waals surface area contributed by atoms with E-state index >= 15 is 0 Å². The van der Waals surface area contributed by atoms with Crippen molar-refractivity contribution in [3.63, 3.8) is 0 Å². The van der Waals surface area contributed by atoms with Crippen molar-refractivity contribution < 1.29 is 14.3 Å². The van der Waals surface area contributed by atoms with E-state index in [-0.39, 0.29) is 12.5 Å². The van der Waals surface area contributed by atoms with Gasteiger partial charge in [-0.3, -0.25) is 9.78 Å². The predicted molar refractivity (Wildman–Crippen MR) is 117 cm³/mol. The van der Waals surface area contributed by atoms with Gasteiger partial charge in [0.15, 0.2) is 6.61 Å². The number of rotatable bonds is 4. The number of carbonyl (C=O) groups excluding carboxylic acids is 2. The van der Waals surface area contributed by atoms with Crippen molar-refractivity contribution in [1.82, 2.24) is 9.88 Å². The van der Waals surface area contributed by atoms with E-state index in [1.165, 1.54) is 0 Å². The quantitative estimate of drug-likeness (QED) is 0.674. The summed E-state index contributed by atoms with van der Waals surface area (Å²) < 4.78 is 5.43. The highest BCUT2D eigenvalue weighted by Crippen LogP contribution is 2.28. The van der Waals surface area contributed by atoms with E-state index < -0.39 is 5.97 Å². The highest BCUT2D eigenvalue weighted by atomic mass is 16.5. The number of aryl methyl sites for hydroxylation is 2. The second-order valence-electron chi connectivity index (χ2n) is 7.84. The van der Waals surface area contributed by atoms with Crippen molar-refractivity contribution in [3.05, 3.63) is 70.4 Å². The molecular formula is C24H25N3O3. The maximum atomic E-state index is 13.0. The number of nitrogens with one attached hydrogen (secondary N) is 1. The molecule has 30 heavy (non-hydrogen) atoms. The average molecular weight is 403 g/mol. The highest BCUT2D eigenvalue weighted by Gasteiger charge is 2.25. The molecule has 2 aromatic carbocycles. The van der Waals surface area contributed by atoms with Crippen LogP contribution in [0.15, 0.2) is 42.5 Å². The van der Waals surface area contributed by atoms with Crippen LogP contribution in [0.5, 0.6) is 0 Å². The summed E-state index contributed by atoms with van der Waals surface area (Å²) in [5.74, 6) is -0.855. The maximum absolute atomic E-state index is 13.0. The SMILES string of the molecule is Cc1ccc(NC(=O)COC(=O)c2c3c(nc4ccccc24)CCN(C)C3)cc1C. The Labute approximate surface area is 175 Å². The Hall–Kier alpha value is -3.25. The molecule has 1 aromatic heterocycles. The molecule has 4 rings (SSSR count). The van der Waals surface area contributed by atoms with Gasteiger partial charge < -0.3 is 15.0 Å². The van der Waals surface area contributed by atoms with Crippen LogP contribution in [0.4, 0.5) is 5.69 Å². The van der Waals surface area contributed by atoms with E-state index in [4.69, 9.17) is 9.72 Å². The third-order valence-electron chi connectivity index (χ3n) is 5.57. The molecule has 6 nitrogen and oxygen atoms in total. The second-order valence-corrected chi connectivity index (χ2v) is 7.84. The lowest BCUT2D eigenvalue weighted by Gasteiger charge is -2.26. The largest absolute Gasteiger partial charge is 0.452 e. The number of esters is 1. The number of hydrogen-bond donors (Lipinski definition) is 1. The van der Waals surface area contributed by atoms with Crippen molar-refractivity contribution in [2.24, 2.45) is 0 Å². The summed E-state index contributed by atoms with van der Waals surface area (Å²) in [7, 11) is 2.02. The van der Waals surface area contributed by atoms with E-state index in [1.807, 2.05) is 63.4 Å². The summed E-state index contributed by atoms with van der Waals surface area (Å²) in [5, 5.41) is 3.54. The summed E-state index contributed by atoms with van der Waals surface area (Å²) in [6, 6.07) is 13.3. The van der Waals surface area contributed by atoms with Gasteiger partial charge in [-0.1, -0.05) is 24.3 Å². The van der Waals surface area contributed by atoms with Gasteiger partial charge >= 0.3 is 5.97 Å². The van der Waals surface area contributed by atoms with Gasteiger partial charge in [0.2, 0.25) is 0 Å². The van der Waals surface area contributed by atoms with Crippen molar-refractivity contribution >= 4 is 28.5 Å². The van der Waals surface area contributed by atoms with Gasteiger partial charge in [0, 0.05) is 41.8 Å². The Balaban J connectivity index is 1.55. The monoisotopic (exact) mass is 403 g/mol. The molecule has 1 aliphatic rings. The van der Waals surface area contributed by atoms with Crippen LogP contribution in [0.2, 0.25) is 0 Å². The van der Waals surface area contributed by atoms with Crippen molar-refractivity contribution in [1.29, 1.82) is 0 Å². The predicted octanol–water partition coefficient (Wildman–Crippen LogP) is 3.64. The number of likely N-dealkylation sites (N-methyl/N-ethyl adjacent to an activating group) is 1. The summed E-state index contributed by atoms with van der Waals surface area (Å²) in [4.78, 5) is 32.3. The summed E-state index contributed by atoms with van der Waals surface area (Å²) in [5.41, 5.74) is 6.03.